The van der Waals surface area contributed by atoms with Gasteiger partial charge in [0.15, 0.2) is 0 Å². The summed E-state index contributed by atoms with van der Waals surface area (Å²) in [5, 5.41) is 0. The van der Waals surface area contributed by atoms with Crippen LogP contribution in [0.2, 0.25) is 0 Å². The molecule has 98 valence electrons. The molecule has 1 heterocycles. The minimum atomic E-state index is -0.141. The maximum Gasteiger partial charge on any atom is 0.119 e. The molecule has 1 aliphatic rings. The van der Waals surface area contributed by atoms with Crippen LogP contribution in [0.1, 0.15) is 30.1 Å². The quantitative estimate of drug-likeness (QED) is 0.627. The average Bonchev–Trinajstić information content (AvgIpc) is 3.27. The van der Waals surface area contributed by atoms with Crippen LogP contribution in [0.4, 0.5) is 0 Å². The van der Waals surface area contributed by atoms with Gasteiger partial charge < -0.3 is 4.74 Å². The van der Waals surface area contributed by atoms with E-state index in [9.17, 15) is 0 Å². The Balaban J connectivity index is 1.79. The number of nitrogens with zero attached hydrogens (tertiary/aromatic N) is 2. The lowest BCUT2D eigenvalue weighted by molar-refractivity contribution is 0.303. The van der Waals surface area contributed by atoms with Crippen molar-refractivity contribution in [2.24, 2.45) is 5.84 Å². The summed E-state index contributed by atoms with van der Waals surface area (Å²) in [6.45, 7) is 0. The van der Waals surface area contributed by atoms with Crippen molar-refractivity contribution in [3.63, 3.8) is 0 Å². The van der Waals surface area contributed by atoms with Crippen molar-refractivity contribution in [1.82, 2.24) is 15.4 Å². The van der Waals surface area contributed by atoms with Crippen LogP contribution in [0.5, 0.6) is 5.75 Å². The Bertz CT molecular complexity index is 525. The zero-order valence-electron chi connectivity index (χ0n) is 10.5. The van der Waals surface area contributed by atoms with E-state index in [1.807, 2.05) is 30.3 Å². The number of hydrazine groups is 1. The van der Waals surface area contributed by atoms with Crippen molar-refractivity contribution in [2.75, 3.05) is 0 Å². The Hall–Kier alpha value is -1.98. The second-order valence-corrected chi connectivity index (χ2v) is 4.62. The predicted molar refractivity (Wildman–Crippen MR) is 71.3 cm³/mol. The number of hydrogen-bond donors (Lipinski definition) is 2. The van der Waals surface area contributed by atoms with E-state index in [-0.39, 0.29) is 6.04 Å². The van der Waals surface area contributed by atoms with Crippen molar-refractivity contribution in [2.45, 2.75) is 25.0 Å². The standard InChI is InChI=1S/C14H16N4O/c15-18-14(13-7-8-16-9-17-13)10-1-3-11(4-2-10)19-12-5-6-12/h1-4,7-9,12,14,18H,5-6,15H2. The van der Waals surface area contributed by atoms with Crippen molar-refractivity contribution < 1.29 is 4.74 Å². The molecule has 0 saturated heterocycles. The zero-order chi connectivity index (χ0) is 13.1. The minimum Gasteiger partial charge on any atom is -0.490 e. The highest BCUT2D eigenvalue weighted by molar-refractivity contribution is 5.33. The van der Waals surface area contributed by atoms with Gasteiger partial charge >= 0.3 is 0 Å². The molecule has 1 aromatic carbocycles. The Labute approximate surface area is 111 Å². The van der Waals surface area contributed by atoms with Crippen LogP contribution >= 0.6 is 0 Å². The minimum absolute atomic E-state index is 0.141. The number of ether oxygens (including phenoxy) is 1. The largest absolute Gasteiger partial charge is 0.490 e. The van der Waals surface area contributed by atoms with E-state index in [1.54, 1.807) is 6.20 Å². The Morgan fingerprint density at radius 2 is 2.00 bits per heavy atom. The Kier molecular flexibility index (Phi) is 3.39. The fourth-order valence-corrected chi connectivity index (χ4v) is 1.94. The van der Waals surface area contributed by atoms with E-state index in [0.29, 0.717) is 6.10 Å². The molecule has 0 spiro atoms. The highest BCUT2D eigenvalue weighted by Gasteiger charge is 2.23. The molecule has 1 aliphatic carbocycles. The molecule has 1 aromatic heterocycles. The highest BCUT2D eigenvalue weighted by atomic mass is 16.5. The van der Waals surface area contributed by atoms with E-state index in [2.05, 4.69) is 15.4 Å². The molecule has 2 aromatic rings. The van der Waals surface area contributed by atoms with Crippen molar-refractivity contribution in [1.29, 1.82) is 0 Å². The molecule has 1 saturated carbocycles. The topological polar surface area (TPSA) is 73.1 Å². The van der Waals surface area contributed by atoms with Crippen molar-refractivity contribution >= 4 is 0 Å². The van der Waals surface area contributed by atoms with E-state index in [0.717, 1.165) is 29.8 Å². The fourth-order valence-electron chi connectivity index (χ4n) is 1.94. The second-order valence-electron chi connectivity index (χ2n) is 4.62. The Morgan fingerprint density at radius 1 is 1.21 bits per heavy atom. The first-order chi connectivity index (χ1) is 9.36. The molecular formula is C14H16N4O. The highest BCUT2D eigenvalue weighted by Crippen LogP contribution is 2.28. The molecule has 1 fully saturated rings. The van der Waals surface area contributed by atoms with Gasteiger partial charge in [0.2, 0.25) is 0 Å². The summed E-state index contributed by atoms with van der Waals surface area (Å²) in [5.74, 6) is 6.53. The third-order valence-corrected chi connectivity index (χ3v) is 3.11. The molecular weight excluding hydrogens is 240 g/mol. The number of benzene rings is 1. The summed E-state index contributed by atoms with van der Waals surface area (Å²) in [7, 11) is 0. The van der Waals surface area contributed by atoms with Crippen LogP contribution in [0.15, 0.2) is 42.9 Å². The monoisotopic (exact) mass is 256 g/mol. The van der Waals surface area contributed by atoms with Gasteiger partial charge in [0.25, 0.3) is 0 Å². The van der Waals surface area contributed by atoms with Gasteiger partial charge in [0, 0.05) is 6.20 Å². The predicted octanol–water partition coefficient (Wildman–Crippen LogP) is 1.57. The van der Waals surface area contributed by atoms with Gasteiger partial charge in [-0.2, -0.15) is 0 Å². The van der Waals surface area contributed by atoms with Crippen LogP contribution in [0.25, 0.3) is 0 Å². The van der Waals surface area contributed by atoms with Crippen LogP contribution in [-0.4, -0.2) is 16.1 Å². The van der Waals surface area contributed by atoms with E-state index in [4.69, 9.17) is 10.6 Å². The molecule has 3 rings (SSSR count). The molecule has 19 heavy (non-hydrogen) atoms. The van der Waals surface area contributed by atoms with Crippen LogP contribution < -0.4 is 16.0 Å². The van der Waals surface area contributed by atoms with Gasteiger partial charge in [-0.25, -0.2) is 15.4 Å². The lowest BCUT2D eigenvalue weighted by Gasteiger charge is -2.16. The van der Waals surface area contributed by atoms with Gasteiger partial charge in [-0.15, -0.1) is 0 Å². The van der Waals surface area contributed by atoms with Gasteiger partial charge in [0.1, 0.15) is 12.1 Å². The zero-order valence-corrected chi connectivity index (χ0v) is 10.5. The van der Waals surface area contributed by atoms with Crippen LogP contribution in [-0.2, 0) is 0 Å². The lowest BCUT2D eigenvalue weighted by Crippen LogP contribution is -2.29. The van der Waals surface area contributed by atoms with E-state index >= 15 is 0 Å². The molecule has 5 nitrogen and oxygen atoms in total. The van der Waals surface area contributed by atoms with E-state index in [1.165, 1.54) is 6.33 Å². The fraction of sp³-hybridized carbons (Fsp3) is 0.286. The third-order valence-electron chi connectivity index (χ3n) is 3.11. The number of aromatic nitrogens is 2. The molecule has 3 N–H and O–H groups in total. The summed E-state index contributed by atoms with van der Waals surface area (Å²) in [6.07, 6.45) is 5.96. The maximum atomic E-state index is 5.72. The van der Waals surface area contributed by atoms with Gasteiger partial charge in [-0.3, -0.25) is 5.84 Å². The average molecular weight is 256 g/mol. The van der Waals surface area contributed by atoms with Crippen LogP contribution in [0.3, 0.4) is 0 Å². The molecule has 0 radical (unpaired) electrons. The van der Waals surface area contributed by atoms with Gasteiger partial charge in [-0.05, 0) is 36.6 Å². The number of hydrogen-bond acceptors (Lipinski definition) is 5. The summed E-state index contributed by atoms with van der Waals surface area (Å²) >= 11 is 0. The first-order valence-corrected chi connectivity index (χ1v) is 6.35. The molecule has 1 atom stereocenters. The molecule has 0 aliphatic heterocycles. The molecule has 0 bridgehead atoms. The van der Waals surface area contributed by atoms with E-state index < -0.39 is 0 Å². The Morgan fingerprint density at radius 3 is 2.58 bits per heavy atom. The number of nitrogens with two attached hydrogens (primary N) is 1. The first-order valence-electron chi connectivity index (χ1n) is 6.35. The van der Waals surface area contributed by atoms with Gasteiger partial charge in [-0.1, -0.05) is 12.1 Å². The normalized spacial score (nSPS) is 16.1. The molecule has 1 unspecified atom stereocenters. The van der Waals surface area contributed by atoms with Crippen molar-refractivity contribution in [3.05, 3.63) is 54.1 Å². The molecule has 5 heteroatoms. The number of rotatable bonds is 5. The second kappa shape index (κ2) is 5.34. The lowest BCUT2D eigenvalue weighted by atomic mass is 10.0. The van der Waals surface area contributed by atoms with Crippen LogP contribution in [0, 0.1) is 0 Å². The molecule has 0 amide bonds. The summed E-state index contributed by atoms with van der Waals surface area (Å²) in [6, 6.07) is 9.66. The summed E-state index contributed by atoms with van der Waals surface area (Å²) in [4.78, 5) is 8.13. The van der Waals surface area contributed by atoms with Gasteiger partial charge in [0.05, 0.1) is 17.8 Å². The maximum absolute atomic E-state index is 5.72. The SMILES string of the molecule is NNC(c1ccc(OC2CC2)cc1)c1ccncn1. The van der Waals surface area contributed by atoms with Crippen molar-refractivity contribution in [3.8, 4) is 5.75 Å². The first kappa shape index (κ1) is 12.1. The smallest absolute Gasteiger partial charge is 0.119 e. The summed E-state index contributed by atoms with van der Waals surface area (Å²) < 4.78 is 5.72. The number of nitrogens with one attached hydrogen (secondary N) is 1. The third kappa shape index (κ3) is 2.89. The summed E-state index contributed by atoms with van der Waals surface area (Å²) in [5.41, 5.74) is 4.66.